The van der Waals surface area contributed by atoms with Crippen molar-refractivity contribution in [3.8, 4) is 17.2 Å². The summed E-state index contributed by atoms with van der Waals surface area (Å²) in [6, 6.07) is 10.6. The number of nitrogen functional groups attached to an aromatic ring is 1. The average Bonchev–Trinajstić information content (AvgIpc) is 2.34. The molecule has 0 aliphatic heterocycles. The summed E-state index contributed by atoms with van der Waals surface area (Å²) in [7, 11) is 0. The van der Waals surface area contributed by atoms with E-state index in [0.29, 0.717) is 17.2 Å². The van der Waals surface area contributed by atoms with Gasteiger partial charge in [-0.05, 0) is 58.4 Å². The molecule has 0 fully saturated rings. The maximum Gasteiger partial charge on any atom is 0.573 e. The van der Waals surface area contributed by atoms with Crippen molar-refractivity contribution in [2.45, 2.75) is 6.36 Å². The molecule has 0 saturated carbocycles. The molecule has 0 aliphatic carbocycles. The molecule has 20 heavy (non-hydrogen) atoms. The summed E-state index contributed by atoms with van der Waals surface area (Å²) in [6.45, 7) is 0. The first-order valence-corrected chi connectivity index (χ1v) is 6.21. The van der Waals surface area contributed by atoms with Crippen molar-refractivity contribution in [1.82, 2.24) is 0 Å². The van der Waals surface area contributed by atoms with E-state index < -0.39 is 6.36 Å². The molecule has 0 radical (unpaired) electrons. The number of halogens is 4. The quantitative estimate of drug-likeness (QED) is 0.817. The van der Waals surface area contributed by atoms with Crippen molar-refractivity contribution in [3.63, 3.8) is 0 Å². The number of hydrogen-bond acceptors (Lipinski definition) is 3. The summed E-state index contributed by atoms with van der Waals surface area (Å²) >= 11 is 3.00. The second-order valence-corrected chi connectivity index (χ2v) is 4.67. The van der Waals surface area contributed by atoms with Gasteiger partial charge < -0.3 is 15.2 Å². The van der Waals surface area contributed by atoms with E-state index in [2.05, 4.69) is 20.7 Å². The Morgan fingerprint density at radius 1 is 0.950 bits per heavy atom. The standard InChI is InChI=1S/C13H9BrF3NO2/c14-11-7-10(5-6-12(11)20-13(15,16)17)19-9-3-1-8(18)2-4-9/h1-7H,18H2. The third kappa shape index (κ3) is 4.06. The maximum atomic E-state index is 12.1. The molecule has 0 aromatic heterocycles. The zero-order valence-electron chi connectivity index (χ0n) is 9.95. The minimum absolute atomic E-state index is 0.141. The van der Waals surface area contributed by atoms with E-state index in [-0.39, 0.29) is 10.2 Å². The van der Waals surface area contributed by atoms with Crippen LogP contribution in [0.15, 0.2) is 46.9 Å². The Kier molecular flexibility index (Phi) is 4.08. The first-order valence-electron chi connectivity index (χ1n) is 5.42. The van der Waals surface area contributed by atoms with Gasteiger partial charge in [-0.15, -0.1) is 13.2 Å². The van der Waals surface area contributed by atoms with Crippen molar-refractivity contribution >= 4 is 21.6 Å². The Balaban J connectivity index is 2.14. The van der Waals surface area contributed by atoms with Crippen molar-refractivity contribution in [3.05, 3.63) is 46.9 Å². The molecule has 7 heteroatoms. The fraction of sp³-hybridized carbons (Fsp3) is 0.0769. The number of nitrogens with two attached hydrogens (primary N) is 1. The first-order chi connectivity index (χ1) is 9.33. The molecule has 0 unspecified atom stereocenters. The summed E-state index contributed by atoms with van der Waals surface area (Å²) < 4.78 is 45.8. The van der Waals surface area contributed by atoms with Gasteiger partial charge in [0.1, 0.15) is 17.2 Å². The van der Waals surface area contributed by atoms with Crippen LogP contribution in [-0.2, 0) is 0 Å². The lowest BCUT2D eigenvalue weighted by molar-refractivity contribution is -0.274. The lowest BCUT2D eigenvalue weighted by atomic mass is 10.3. The summed E-state index contributed by atoms with van der Waals surface area (Å²) in [6.07, 6.45) is -4.73. The Morgan fingerprint density at radius 3 is 2.10 bits per heavy atom. The molecule has 0 spiro atoms. The van der Waals surface area contributed by atoms with Crippen LogP contribution in [0.5, 0.6) is 17.2 Å². The summed E-state index contributed by atoms with van der Waals surface area (Å²) in [5, 5.41) is 0. The Morgan fingerprint density at radius 2 is 1.55 bits per heavy atom. The van der Waals surface area contributed by atoms with Crippen LogP contribution in [0.3, 0.4) is 0 Å². The van der Waals surface area contributed by atoms with Gasteiger partial charge in [-0.3, -0.25) is 0 Å². The molecule has 2 aromatic carbocycles. The van der Waals surface area contributed by atoms with Gasteiger partial charge >= 0.3 is 6.36 Å². The number of anilines is 1. The predicted molar refractivity (Wildman–Crippen MR) is 71.8 cm³/mol. The van der Waals surface area contributed by atoms with Gasteiger partial charge in [0.15, 0.2) is 0 Å². The van der Waals surface area contributed by atoms with Crippen LogP contribution in [0.2, 0.25) is 0 Å². The largest absolute Gasteiger partial charge is 0.573 e. The molecule has 2 N–H and O–H groups in total. The second-order valence-electron chi connectivity index (χ2n) is 3.81. The minimum Gasteiger partial charge on any atom is -0.457 e. The van der Waals surface area contributed by atoms with Crippen LogP contribution in [0.1, 0.15) is 0 Å². The molecule has 3 nitrogen and oxygen atoms in total. The molecule has 106 valence electrons. The van der Waals surface area contributed by atoms with E-state index in [1.54, 1.807) is 24.3 Å². The highest BCUT2D eigenvalue weighted by Crippen LogP contribution is 2.34. The Bertz CT molecular complexity index is 600. The molecule has 2 rings (SSSR count). The number of alkyl halides is 3. The second kappa shape index (κ2) is 5.62. The number of rotatable bonds is 3. The predicted octanol–water partition coefficient (Wildman–Crippen LogP) is 4.72. The van der Waals surface area contributed by atoms with Crippen LogP contribution in [-0.4, -0.2) is 6.36 Å². The molecule has 2 aromatic rings. The van der Waals surface area contributed by atoms with Gasteiger partial charge in [0.05, 0.1) is 4.47 Å². The Labute approximate surface area is 121 Å². The van der Waals surface area contributed by atoms with Crippen molar-refractivity contribution in [1.29, 1.82) is 0 Å². The van der Waals surface area contributed by atoms with Crippen LogP contribution in [0.4, 0.5) is 18.9 Å². The highest BCUT2D eigenvalue weighted by atomic mass is 79.9. The average molecular weight is 348 g/mol. The van der Waals surface area contributed by atoms with Gasteiger partial charge in [-0.2, -0.15) is 0 Å². The van der Waals surface area contributed by atoms with Gasteiger partial charge in [0, 0.05) is 5.69 Å². The highest BCUT2D eigenvalue weighted by Gasteiger charge is 2.31. The van der Waals surface area contributed by atoms with Crippen LogP contribution in [0.25, 0.3) is 0 Å². The SMILES string of the molecule is Nc1ccc(Oc2ccc(OC(F)(F)F)c(Br)c2)cc1. The lowest BCUT2D eigenvalue weighted by Crippen LogP contribution is -2.17. The smallest absolute Gasteiger partial charge is 0.457 e. The van der Waals surface area contributed by atoms with Crippen LogP contribution in [0, 0.1) is 0 Å². The monoisotopic (exact) mass is 347 g/mol. The molecule has 0 bridgehead atoms. The Hall–Kier alpha value is -1.89. The van der Waals surface area contributed by atoms with E-state index in [1.807, 2.05) is 0 Å². The van der Waals surface area contributed by atoms with E-state index in [0.717, 1.165) is 0 Å². The molecular weight excluding hydrogens is 339 g/mol. The van der Waals surface area contributed by atoms with Crippen molar-refractivity contribution < 1.29 is 22.6 Å². The molecule has 0 heterocycles. The fourth-order valence-electron chi connectivity index (χ4n) is 1.42. The molecular formula is C13H9BrF3NO2. The molecule has 0 saturated heterocycles. The van der Waals surface area contributed by atoms with Crippen LogP contribution < -0.4 is 15.2 Å². The number of hydrogen-bond donors (Lipinski definition) is 1. The zero-order valence-corrected chi connectivity index (χ0v) is 11.5. The van der Waals surface area contributed by atoms with E-state index in [4.69, 9.17) is 10.5 Å². The van der Waals surface area contributed by atoms with E-state index in [1.165, 1.54) is 18.2 Å². The van der Waals surface area contributed by atoms with E-state index >= 15 is 0 Å². The highest BCUT2D eigenvalue weighted by molar-refractivity contribution is 9.10. The third-order valence-electron chi connectivity index (χ3n) is 2.24. The summed E-state index contributed by atoms with van der Waals surface area (Å²) in [5.74, 6) is 0.564. The third-order valence-corrected chi connectivity index (χ3v) is 2.86. The van der Waals surface area contributed by atoms with Crippen LogP contribution >= 0.6 is 15.9 Å². The fourth-order valence-corrected chi connectivity index (χ4v) is 1.86. The first kappa shape index (κ1) is 14.5. The van der Waals surface area contributed by atoms with E-state index in [9.17, 15) is 13.2 Å². The zero-order chi connectivity index (χ0) is 14.8. The van der Waals surface area contributed by atoms with Gasteiger partial charge in [0.2, 0.25) is 0 Å². The van der Waals surface area contributed by atoms with Crippen molar-refractivity contribution in [2.75, 3.05) is 5.73 Å². The topological polar surface area (TPSA) is 44.5 Å². The van der Waals surface area contributed by atoms with Gasteiger partial charge in [-0.25, -0.2) is 0 Å². The maximum absolute atomic E-state index is 12.1. The summed E-state index contributed by atoms with van der Waals surface area (Å²) in [5.41, 5.74) is 6.13. The molecule has 0 amide bonds. The normalized spacial score (nSPS) is 11.2. The number of ether oxygens (including phenoxy) is 2. The summed E-state index contributed by atoms with van der Waals surface area (Å²) in [4.78, 5) is 0. The molecule has 0 atom stereocenters. The van der Waals surface area contributed by atoms with Gasteiger partial charge in [0.25, 0.3) is 0 Å². The number of benzene rings is 2. The molecule has 0 aliphatic rings. The lowest BCUT2D eigenvalue weighted by Gasteiger charge is -2.12. The minimum atomic E-state index is -4.73. The van der Waals surface area contributed by atoms with Crippen molar-refractivity contribution in [2.24, 2.45) is 0 Å². The van der Waals surface area contributed by atoms with Gasteiger partial charge in [-0.1, -0.05) is 0 Å².